The van der Waals surface area contributed by atoms with Gasteiger partial charge in [0.2, 0.25) is 5.91 Å². The number of rotatable bonds is 5. The fraction of sp³-hybridized carbons (Fsp3) is 0.500. The van der Waals surface area contributed by atoms with E-state index in [4.69, 9.17) is 14.2 Å². The van der Waals surface area contributed by atoms with Gasteiger partial charge in [-0.2, -0.15) is 0 Å². The quantitative estimate of drug-likeness (QED) is 0.801. The molecule has 2 fully saturated rings. The maximum absolute atomic E-state index is 11.7. The highest BCUT2D eigenvalue weighted by molar-refractivity contribution is 5.77. The van der Waals surface area contributed by atoms with Crippen molar-refractivity contribution in [3.8, 4) is 11.4 Å². The molecule has 0 radical (unpaired) electrons. The van der Waals surface area contributed by atoms with Crippen LogP contribution in [0.25, 0.3) is 11.4 Å². The van der Waals surface area contributed by atoms with Crippen LogP contribution in [0.2, 0.25) is 0 Å². The van der Waals surface area contributed by atoms with Crippen LogP contribution in [0.4, 0.5) is 0 Å². The minimum absolute atomic E-state index is 0.0217. The number of fused-ring (bicyclic) bond motifs is 1. The molecule has 9 heteroatoms. The number of carbonyl (C=O) groups is 1. The Labute approximate surface area is 144 Å². The molecule has 4 atom stereocenters. The molecule has 2 saturated heterocycles. The van der Waals surface area contributed by atoms with Crippen molar-refractivity contribution in [1.82, 2.24) is 25.3 Å². The van der Waals surface area contributed by atoms with Crippen LogP contribution in [0.15, 0.2) is 30.6 Å². The molecule has 0 saturated carbocycles. The van der Waals surface area contributed by atoms with Crippen LogP contribution in [0.5, 0.6) is 0 Å². The van der Waals surface area contributed by atoms with Gasteiger partial charge in [0.15, 0.2) is 0 Å². The molecule has 2 aromatic rings. The monoisotopic (exact) mass is 345 g/mol. The number of nitrogens with one attached hydrogen (secondary N) is 1. The summed E-state index contributed by atoms with van der Waals surface area (Å²) in [5.41, 5.74) is 1.47. The molecule has 0 spiro atoms. The van der Waals surface area contributed by atoms with E-state index in [1.54, 1.807) is 10.9 Å². The van der Waals surface area contributed by atoms with Crippen molar-refractivity contribution >= 4 is 5.91 Å². The second-order valence-corrected chi connectivity index (χ2v) is 6.07. The van der Waals surface area contributed by atoms with Crippen LogP contribution in [0.3, 0.4) is 0 Å². The molecule has 0 aromatic carbocycles. The molecule has 1 N–H and O–H groups in total. The van der Waals surface area contributed by atoms with Gasteiger partial charge < -0.3 is 19.5 Å². The van der Waals surface area contributed by atoms with Gasteiger partial charge >= 0.3 is 0 Å². The zero-order valence-corrected chi connectivity index (χ0v) is 13.7. The summed E-state index contributed by atoms with van der Waals surface area (Å²) in [5, 5.41) is 11.3. The second kappa shape index (κ2) is 6.87. The van der Waals surface area contributed by atoms with Crippen LogP contribution in [0.1, 0.15) is 6.04 Å². The number of amides is 1. The minimum atomic E-state index is -0.201. The Morgan fingerprint density at radius 1 is 1.32 bits per heavy atom. The normalized spacial score (nSPS) is 28.0. The summed E-state index contributed by atoms with van der Waals surface area (Å²) >= 11 is 0. The molecule has 0 aliphatic carbocycles. The van der Waals surface area contributed by atoms with E-state index in [0.717, 1.165) is 5.69 Å². The SMILES string of the molecule is COCC(=O)N[C@@H]1CO[C@@H]2[C@@H]1OC[C@@H]2n1cc(-c2ccccn2)nn1. The van der Waals surface area contributed by atoms with Gasteiger partial charge in [0.05, 0.1) is 31.1 Å². The molecule has 0 bridgehead atoms. The van der Waals surface area contributed by atoms with Gasteiger partial charge in [-0.05, 0) is 12.1 Å². The largest absolute Gasteiger partial charge is 0.375 e. The molecule has 4 heterocycles. The Kier molecular flexibility index (Phi) is 4.43. The lowest BCUT2D eigenvalue weighted by atomic mass is 10.1. The Morgan fingerprint density at radius 3 is 3.00 bits per heavy atom. The van der Waals surface area contributed by atoms with E-state index in [2.05, 4.69) is 20.6 Å². The molecular weight excluding hydrogens is 326 g/mol. The smallest absolute Gasteiger partial charge is 0.246 e. The van der Waals surface area contributed by atoms with Crippen molar-refractivity contribution in [2.75, 3.05) is 26.9 Å². The van der Waals surface area contributed by atoms with Crippen molar-refractivity contribution in [2.24, 2.45) is 0 Å². The van der Waals surface area contributed by atoms with Gasteiger partial charge in [0.25, 0.3) is 0 Å². The summed E-state index contributed by atoms with van der Waals surface area (Å²) in [6, 6.07) is 5.38. The van der Waals surface area contributed by atoms with E-state index >= 15 is 0 Å². The Hall–Kier alpha value is -2.36. The molecule has 2 aromatic heterocycles. The van der Waals surface area contributed by atoms with Gasteiger partial charge in [0.1, 0.15) is 30.6 Å². The Morgan fingerprint density at radius 2 is 2.20 bits per heavy atom. The van der Waals surface area contributed by atoms with E-state index in [1.165, 1.54) is 7.11 Å². The Bertz CT molecular complexity index is 737. The highest BCUT2D eigenvalue weighted by atomic mass is 16.6. The molecule has 132 valence electrons. The standard InChI is InChI=1S/C16H19N5O4/c1-23-9-14(22)18-12-7-24-16-13(8-25-15(12)16)21-6-11(19-20-21)10-4-2-3-5-17-10/h2-6,12-13,15-16H,7-9H2,1H3,(H,18,22)/t12-,13+,15-,16+/m1/s1. The number of aromatic nitrogens is 4. The number of pyridine rings is 1. The highest BCUT2D eigenvalue weighted by Gasteiger charge is 2.49. The third-order valence-electron chi connectivity index (χ3n) is 4.43. The van der Waals surface area contributed by atoms with Gasteiger partial charge in [-0.15, -0.1) is 5.10 Å². The summed E-state index contributed by atoms with van der Waals surface area (Å²) < 4.78 is 18.3. The number of hydrogen-bond donors (Lipinski definition) is 1. The topological polar surface area (TPSA) is 100 Å². The molecule has 1 amide bonds. The van der Waals surface area contributed by atoms with Crippen molar-refractivity contribution < 1.29 is 19.0 Å². The lowest BCUT2D eigenvalue weighted by Gasteiger charge is -2.17. The first-order chi connectivity index (χ1) is 12.3. The van der Waals surface area contributed by atoms with E-state index < -0.39 is 0 Å². The van der Waals surface area contributed by atoms with Crippen LogP contribution < -0.4 is 5.32 Å². The number of methoxy groups -OCH3 is 1. The number of ether oxygens (including phenoxy) is 3. The lowest BCUT2D eigenvalue weighted by Crippen LogP contribution is -2.45. The molecular formula is C16H19N5O4. The summed E-state index contributed by atoms with van der Waals surface area (Å²) in [7, 11) is 1.49. The first-order valence-corrected chi connectivity index (χ1v) is 8.11. The number of hydrogen-bond acceptors (Lipinski definition) is 7. The number of carbonyl (C=O) groups excluding carboxylic acids is 1. The molecule has 2 aliphatic heterocycles. The molecule has 25 heavy (non-hydrogen) atoms. The molecule has 2 aliphatic rings. The molecule has 0 unspecified atom stereocenters. The summed E-state index contributed by atoms with van der Waals surface area (Å²) in [4.78, 5) is 16.0. The first-order valence-electron chi connectivity index (χ1n) is 8.11. The zero-order chi connectivity index (χ0) is 17.2. The maximum Gasteiger partial charge on any atom is 0.246 e. The predicted octanol–water partition coefficient (Wildman–Crippen LogP) is -0.190. The molecule has 4 rings (SSSR count). The minimum Gasteiger partial charge on any atom is -0.375 e. The lowest BCUT2D eigenvalue weighted by molar-refractivity contribution is -0.126. The average molecular weight is 345 g/mol. The van der Waals surface area contributed by atoms with Crippen LogP contribution in [-0.2, 0) is 19.0 Å². The zero-order valence-electron chi connectivity index (χ0n) is 13.7. The van der Waals surface area contributed by atoms with Crippen LogP contribution >= 0.6 is 0 Å². The van der Waals surface area contributed by atoms with Crippen molar-refractivity contribution in [2.45, 2.75) is 24.3 Å². The van der Waals surface area contributed by atoms with E-state index in [-0.39, 0.29) is 36.8 Å². The van der Waals surface area contributed by atoms with E-state index in [1.807, 2.05) is 24.4 Å². The summed E-state index contributed by atoms with van der Waals surface area (Å²) in [6.07, 6.45) is 3.19. The van der Waals surface area contributed by atoms with Gasteiger partial charge in [-0.1, -0.05) is 11.3 Å². The van der Waals surface area contributed by atoms with E-state index in [0.29, 0.717) is 18.9 Å². The van der Waals surface area contributed by atoms with Crippen molar-refractivity contribution in [3.63, 3.8) is 0 Å². The van der Waals surface area contributed by atoms with Crippen molar-refractivity contribution in [1.29, 1.82) is 0 Å². The summed E-state index contributed by atoms with van der Waals surface area (Å²) in [6.45, 7) is 0.883. The van der Waals surface area contributed by atoms with Crippen LogP contribution in [-0.4, -0.2) is 71.1 Å². The predicted molar refractivity (Wildman–Crippen MR) is 85.6 cm³/mol. The van der Waals surface area contributed by atoms with Gasteiger partial charge in [0, 0.05) is 13.3 Å². The fourth-order valence-electron chi connectivity index (χ4n) is 3.28. The first kappa shape index (κ1) is 16.1. The van der Waals surface area contributed by atoms with Gasteiger partial charge in [-0.3, -0.25) is 9.78 Å². The van der Waals surface area contributed by atoms with Gasteiger partial charge in [-0.25, -0.2) is 4.68 Å². The molecule has 9 nitrogen and oxygen atoms in total. The highest BCUT2D eigenvalue weighted by Crippen LogP contribution is 2.34. The average Bonchev–Trinajstić information content (AvgIpc) is 3.33. The van der Waals surface area contributed by atoms with Crippen molar-refractivity contribution in [3.05, 3.63) is 30.6 Å². The third-order valence-corrected chi connectivity index (χ3v) is 4.43. The van der Waals surface area contributed by atoms with E-state index in [9.17, 15) is 4.79 Å². The number of nitrogens with zero attached hydrogens (tertiary/aromatic N) is 4. The van der Waals surface area contributed by atoms with Crippen LogP contribution in [0, 0.1) is 0 Å². The second-order valence-electron chi connectivity index (χ2n) is 6.07. The maximum atomic E-state index is 11.7. The summed E-state index contributed by atoms with van der Waals surface area (Å²) in [5.74, 6) is -0.179. The Balaban J connectivity index is 1.45. The third kappa shape index (κ3) is 3.13. The fourth-order valence-corrected chi connectivity index (χ4v) is 3.28.